The fraction of sp³-hybridized carbons (Fsp3) is 0.600. The highest BCUT2D eigenvalue weighted by Crippen LogP contribution is 2.22. The molecule has 1 aromatic carbocycles. The lowest BCUT2D eigenvalue weighted by atomic mass is 10.1. The van der Waals surface area contributed by atoms with E-state index in [1.807, 2.05) is 36.1 Å². The third-order valence-corrected chi connectivity index (χ3v) is 4.86. The van der Waals surface area contributed by atoms with Gasteiger partial charge in [-0.2, -0.15) is 0 Å². The molecule has 4 nitrogen and oxygen atoms in total. The molecule has 1 N–H and O–H groups in total. The van der Waals surface area contributed by atoms with E-state index in [0.717, 1.165) is 18.4 Å². The van der Waals surface area contributed by atoms with Gasteiger partial charge in [-0.3, -0.25) is 9.59 Å². The largest absolute Gasteiger partial charge is 0.352 e. The third kappa shape index (κ3) is 5.99. The summed E-state index contributed by atoms with van der Waals surface area (Å²) in [6, 6.07) is 8.47. The number of nitrogens with zero attached hydrogens (tertiary/aromatic N) is 1. The highest BCUT2D eigenvalue weighted by molar-refractivity contribution is 5.78. The molecule has 0 saturated heterocycles. The van der Waals surface area contributed by atoms with Gasteiger partial charge in [-0.15, -0.1) is 0 Å². The van der Waals surface area contributed by atoms with Crippen LogP contribution in [0.25, 0.3) is 0 Å². The molecule has 1 saturated carbocycles. The third-order valence-electron chi connectivity index (χ3n) is 4.86. The molecule has 1 aliphatic carbocycles. The molecule has 0 spiro atoms. The van der Waals surface area contributed by atoms with E-state index in [4.69, 9.17) is 0 Å². The molecule has 1 aromatic rings. The fourth-order valence-corrected chi connectivity index (χ4v) is 3.38. The fourth-order valence-electron chi connectivity index (χ4n) is 3.38. The van der Waals surface area contributed by atoms with Crippen molar-refractivity contribution in [3.8, 4) is 0 Å². The van der Waals surface area contributed by atoms with Gasteiger partial charge in [0.25, 0.3) is 0 Å². The monoisotopic (exact) mass is 330 g/mol. The zero-order chi connectivity index (χ0) is 17.4. The van der Waals surface area contributed by atoms with Crippen LogP contribution in [-0.2, 0) is 16.1 Å². The Bertz CT molecular complexity index is 531. The number of aryl methyl sites for hydroxylation is 1. The quantitative estimate of drug-likeness (QED) is 0.811. The van der Waals surface area contributed by atoms with Crippen LogP contribution in [0.5, 0.6) is 0 Å². The summed E-state index contributed by atoms with van der Waals surface area (Å²) < 4.78 is 0. The Morgan fingerprint density at radius 2 is 1.71 bits per heavy atom. The smallest absolute Gasteiger partial charge is 0.222 e. The summed E-state index contributed by atoms with van der Waals surface area (Å²) in [6.07, 6.45) is 7.43. The lowest BCUT2D eigenvalue weighted by Crippen LogP contribution is -2.41. The summed E-state index contributed by atoms with van der Waals surface area (Å²) >= 11 is 0. The van der Waals surface area contributed by atoms with Gasteiger partial charge in [0.15, 0.2) is 0 Å². The van der Waals surface area contributed by atoms with Crippen molar-refractivity contribution in [2.75, 3.05) is 6.54 Å². The topological polar surface area (TPSA) is 49.4 Å². The van der Waals surface area contributed by atoms with Crippen molar-refractivity contribution < 1.29 is 9.59 Å². The number of hydrogen-bond acceptors (Lipinski definition) is 2. The number of rotatable bonds is 6. The Morgan fingerprint density at radius 1 is 1.08 bits per heavy atom. The van der Waals surface area contributed by atoms with Crippen LogP contribution in [0.3, 0.4) is 0 Å². The van der Waals surface area contributed by atoms with Gasteiger partial charge >= 0.3 is 0 Å². The van der Waals surface area contributed by atoms with E-state index in [1.165, 1.54) is 31.2 Å². The van der Waals surface area contributed by atoms with E-state index in [0.29, 0.717) is 25.6 Å². The Morgan fingerprint density at radius 3 is 2.29 bits per heavy atom. The maximum atomic E-state index is 12.1. The van der Waals surface area contributed by atoms with Gasteiger partial charge < -0.3 is 10.2 Å². The SMILES string of the molecule is CC(=O)N(CCC(=O)NCc1ccc(C)cc1)C1CCCCCC1. The first kappa shape index (κ1) is 18.5. The van der Waals surface area contributed by atoms with E-state index in [1.54, 1.807) is 6.92 Å². The predicted octanol–water partition coefficient (Wildman–Crippen LogP) is 3.57. The van der Waals surface area contributed by atoms with E-state index >= 15 is 0 Å². The molecule has 24 heavy (non-hydrogen) atoms. The first-order valence-electron chi connectivity index (χ1n) is 9.15. The number of amides is 2. The molecular formula is C20H30N2O2. The molecule has 132 valence electrons. The van der Waals surface area contributed by atoms with Crippen molar-refractivity contribution in [2.24, 2.45) is 0 Å². The van der Waals surface area contributed by atoms with Gasteiger partial charge in [-0.05, 0) is 25.3 Å². The first-order chi connectivity index (χ1) is 11.6. The standard InChI is InChI=1S/C20H30N2O2/c1-16-9-11-18(12-10-16)15-21-20(24)13-14-22(17(2)23)19-7-5-3-4-6-8-19/h9-12,19H,3-8,13-15H2,1-2H3,(H,21,24). The predicted molar refractivity (Wildman–Crippen MR) is 96.5 cm³/mol. The van der Waals surface area contributed by atoms with E-state index in [2.05, 4.69) is 5.32 Å². The average molecular weight is 330 g/mol. The van der Waals surface area contributed by atoms with Gasteiger partial charge in [-0.1, -0.05) is 55.5 Å². The minimum atomic E-state index is 0.00967. The molecule has 0 unspecified atom stereocenters. The molecule has 0 atom stereocenters. The molecule has 0 bridgehead atoms. The first-order valence-corrected chi connectivity index (χ1v) is 9.15. The average Bonchev–Trinajstić information content (AvgIpc) is 2.83. The number of carbonyl (C=O) groups is 2. The summed E-state index contributed by atoms with van der Waals surface area (Å²) in [5.41, 5.74) is 2.31. The highest BCUT2D eigenvalue weighted by atomic mass is 16.2. The van der Waals surface area contributed by atoms with Crippen LogP contribution in [-0.4, -0.2) is 29.3 Å². The number of carbonyl (C=O) groups excluding carboxylic acids is 2. The zero-order valence-electron chi connectivity index (χ0n) is 15.0. The van der Waals surface area contributed by atoms with Crippen molar-refractivity contribution in [3.63, 3.8) is 0 Å². The summed E-state index contributed by atoms with van der Waals surface area (Å²) in [6.45, 7) is 4.74. The van der Waals surface area contributed by atoms with Crippen LogP contribution < -0.4 is 5.32 Å². The summed E-state index contributed by atoms with van der Waals surface area (Å²) in [7, 11) is 0. The lowest BCUT2D eigenvalue weighted by Gasteiger charge is -2.30. The maximum Gasteiger partial charge on any atom is 0.222 e. The van der Waals surface area contributed by atoms with Gasteiger partial charge in [0, 0.05) is 32.5 Å². The van der Waals surface area contributed by atoms with Gasteiger partial charge in [0.05, 0.1) is 0 Å². The van der Waals surface area contributed by atoms with E-state index in [-0.39, 0.29) is 11.8 Å². The number of hydrogen-bond donors (Lipinski definition) is 1. The van der Waals surface area contributed by atoms with Crippen LogP contribution in [0.15, 0.2) is 24.3 Å². The summed E-state index contributed by atoms with van der Waals surface area (Å²) in [4.78, 5) is 26.0. The van der Waals surface area contributed by atoms with Gasteiger partial charge in [0.1, 0.15) is 0 Å². The van der Waals surface area contributed by atoms with Gasteiger partial charge in [0.2, 0.25) is 11.8 Å². The Kier molecular flexibility index (Phi) is 7.29. The molecule has 0 heterocycles. The zero-order valence-corrected chi connectivity index (χ0v) is 15.0. The summed E-state index contributed by atoms with van der Waals surface area (Å²) in [5.74, 6) is 0.101. The molecular weight excluding hydrogens is 300 g/mol. The minimum Gasteiger partial charge on any atom is -0.352 e. The second-order valence-electron chi connectivity index (χ2n) is 6.87. The molecule has 0 radical (unpaired) electrons. The molecule has 0 aromatic heterocycles. The molecule has 0 aliphatic heterocycles. The van der Waals surface area contributed by atoms with Crippen molar-refractivity contribution in [1.82, 2.24) is 10.2 Å². The van der Waals surface area contributed by atoms with Crippen LogP contribution in [0.2, 0.25) is 0 Å². The molecule has 1 fully saturated rings. The maximum absolute atomic E-state index is 12.1. The Labute approximate surface area is 145 Å². The van der Waals surface area contributed by atoms with Crippen LogP contribution in [0.1, 0.15) is 63.0 Å². The van der Waals surface area contributed by atoms with E-state index < -0.39 is 0 Å². The lowest BCUT2D eigenvalue weighted by molar-refractivity contribution is -0.132. The second-order valence-corrected chi connectivity index (χ2v) is 6.87. The van der Waals surface area contributed by atoms with Gasteiger partial charge in [-0.25, -0.2) is 0 Å². The Hall–Kier alpha value is -1.84. The number of nitrogens with one attached hydrogen (secondary N) is 1. The molecule has 2 amide bonds. The summed E-state index contributed by atoms with van der Waals surface area (Å²) in [5, 5.41) is 2.95. The van der Waals surface area contributed by atoms with E-state index in [9.17, 15) is 9.59 Å². The number of benzene rings is 1. The van der Waals surface area contributed by atoms with Crippen molar-refractivity contribution in [1.29, 1.82) is 0 Å². The minimum absolute atomic E-state index is 0.00967. The van der Waals surface area contributed by atoms with Crippen LogP contribution in [0, 0.1) is 6.92 Å². The van der Waals surface area contributed by atoms with Crippen molar-refractivity contribution >= 4 is 11.8 Å². The highest BCUT2D eigenvalue weighted by Gasteiger charge is 2.22. The van der Waals surface area contributed by atoms with Crippen LogP contribution >= 0.6 is 0 Å². The normalized spacial score (nSPS) is 15.6. The molecule has 2 rings (SSSR count). The second kappa shape index (κ2) is 9.45. The van der Waals surface area contributed by atoms with Crippen LogP contribution in [0.4, 0.5) is 0 Å². The molecule has 4 heteroatoms. The molecule has 1 aliphatic rings. The van der Waals surface area contributed by atoms with Crippen molar-refractivity contribution in [3.05, 3.63) is 35.4 Å². The van der Waals surface area contributed by atoms with Crippen molar-refractivity contribution in [2.45, 2.75) is 71.4 Å². The Balaban J connectivity index is 1.79.